The van der Waals surface area contributed by atoms with Crippen LogP contribution in [0.25, 0.3) is 0 Å². The van der Waals surface area contributed by atoms with E-state index in [2.05, 4.69) is 37.7 Å². The van der Waals surface area contributed by atoms with Gasteiger partial charge in [0.15, 0.2) is 0 Å². The number of aromatic nitrogens is 2. The number of hydrogen-bond donors (Lipinski definition) is 0. The topological polar surface area (TPSA) is 25.8 Å². The quantitative estimate of drug-likeness (QED) is 0.695. The molecule has 0 atom stereocenters. The van der Waals surface area contributed by atoms with E-state index in [9.17, 15) is 0 Å². The fourth-order valence-corrected chi connectivity index (χ4v) is 1.27. The maximum absolute atomic E-state index is 4.27. The van der Waals surface area contributed by atoms with Crippen molar-refractivity contribution >= 4 is 0 Å². The zero-order valence-corrected chi connectivity index (χ0v) is 8.96. The molecule has 0 aliphatic rings. The van der Waals surface area contributed by atoms with Gasteiger partial charge in [0, 0.05) is 18.8 Å². The van der Waals surface area contributed by atoms with Crippen LogP contribution in [0.3, 0.4) is 0 Å². The number of aryl methyl sites for hydroxylation is 1. The van der Waals surface area contributed by atoms with E-state index in [1.165, 1.54) is 5.56 Å². The molecule has 0 spiro atoms. The first-order valence-corrected chi connectivity index (χ1v) is 4.81. The Kier molecular flexibility index (Phi) is 3.02. The zero-order chi connectivity index (χ0) is 9.90. The van der Waals surface area contributed by atoms with E-state index in [0.717, 1.165) is 18.7 Å². The monoisotopic (exact) mass is 178 g/mol. The highest BCUT2D eigenvalue weighted by atomic mass is 14.9. The van der Waals surface area contributed by atoms with Crippen molar-refractivity contribution in [2.75, 3.05) is 0 Å². The van der Waals surface area contributed by atoms with E-state index >= 15 is 0 Å². The van der Waals surface area contributed by atoms with Crippen molar-refractivity contribution in [2.24, 2.45) is 5.41 Å². The second-order valence-corrected chi connectivity index (χ2v) is 4.60. The lowest BCUT2D eigenvalue weighted by Gasteiger charge is -2.17. The molecule has 2 heteroatoms. The van der Waals surface area contributed by atoms with Crippen LogP contribution in [0.2, 0.25) is 0 Å². The van der Waals surface area contributed by atoms with Crippen LogP contribution < -0.4 is 0 Å². The third-order valence-electron chi connectivity index (χ3n) is 1.81. The Morgan fingerprint density at radius 2 is 1.69 bits per heavy atom. The molecule has 0 saturated heterocycles. The Hall–Kier alpha value is -0.920. The lowest BCUT2D eigenvalue weighted by Crippen LogP contribution is -2.10. The molecular formula is C11H18N2. The summed E-state index contributed by atoms with van der Waals surface area (Å²) in [6.07, 6.45) is 5.83. The van der Waals surface area contributed by atoms with E-state index in [4.69, 9.17) is 0 Å². The molecule has 0 N–H and O–H groups in total. The molecule has 1 heterocycles. The van der Waals surface area contributed by atoms with Crippen molar-refractivity contribution in [1.82, 2.24) is 9.97 Å². The van der Waals surface area contributed by atoms with E-state index in [1.807, 2.05) is 12.4 Å². The summed E-state index contributed by atoms with van der Waals surface area (Å²) in [5, 5.41) is 0. The van der Waals surface area contributed by atoms with Crippen molar-refractivity contribution in [3.8, 4) is 0 Å². The minimum Gasteiger partial charge on any atom is -0.241 e. The molecule has 0 fully saturated rings. The minimum atomic E-state index is 0.317. The summed E-state index contributed by atoms with van der Waals surface area (Å²) >= 11 is 0. The molecule has 0 aliphatic heterocycles. The summed E-state index contributed by atoms with van der Waals surface area (Å²) in [7, 11) is 0. The molecule has 0 aromatic carbocycles. The standard InChI is InChI=1S/C11H18N2/c1-5-10-12-7-9(8-13-10)6-11(2,3)4/h7-8H,5-6H2,1-4H3. The van der Waals surface area contributed by atoms with Gasteiger partial charge in [-0.1, -0.05) is 27.7 Å². The summed E-state index contributed by atoms with van der Waals surface area (Å²) in [4.78, 5) is 8.54. The van der Waals surface area contributed by atoms with Crippen LogP contribution in [-0.2, 0) is 12.8 Å². The zero-order valence-electron chi connectivity index (χ0n) is 8.96. The first kappa shape index (κ1) is 10.2. The third-order valence-corrected chi connectivity index (χ3v) is 1.81. The molecule has 72 valence electrons. The van der Waals surface area contributed by atoms with Crippen LogP contribution in [-0.4, -0.2) is 9.97 Å². The van der Waals surface area contributed by atoms with Gasteiger partial charge in [-0.15, -0.1) is 0 Å². The van der Waals surface area contributed by atoms with Gasteiger partial charge in [-0.05, 0) is 17.4 Å². The predicted molar refractivity (Wildman–Crippen MR) is 54.6 cm³/mol. The van der Waals surface area contributed by atoms with E-state index in [-0.39, 0.29) is 0 Å². The Labute approximate surface area is 80.4 Å². The summed E-state index contributed by atoms with van der Waals surface area (Å²) < 4.78 is 0. The van der Waals surface area contributed by atoms with Gasteiger partial charge in [-0.2, -0.15) is 0 Å². The molecule has 0 unspecified atom stereocenters. The second-order valence-electron chi connectivity index (χ2n) is 4.60. The number of nitrogens with zero attached hydrogens (tertiary/aromatic N) is 2. The van der Waals surface area contributed by atoms with Crippen molar-refractivity contribution in [3.05, 3.63) is 23.8 Å². The molecule has 0 aliphatic carbocycles. The highest BCUT2D eigenvalue weighted by Gasteiger charge is 2.11. The molecule has 0 bridgehead atoms. The van der Waals surface area contributed by atoms with Gasteiger partial charge in [0.1, 0.15) is 5.82 Å². The van der Waals surface area contributed by atoms with Crippen molar-refractivity contribution in [1.29, 1.82) is 0 Å². The average molecular weight is 178 g/mol. The average Bonchev–Trinajstić information content (AvgIpc) is 2.03. The van der Waals surface area contributed by atoms with Gasteiger partial charge in [0.25, 0.3) is 0 Å². The van der Waals surface area contributed by atoms with Gasteiger partial charge < -0.3 is 0 Å². The highest BCUT2D eigenvalue weighted by molar-refractivity contribution is 5.07. The van der Waals surface area contributed by atoms with Gasteiger partial charge in [-0.3, -0.25) is 0 Å². The molecular weight excluding hydrogens is 160 g/mol. The highest BCUT2D eigenvalue weighted by Crippen LogP contribution is 2.19. The normalized spacial score (nSPS) is 11.7. The number of hydrogen-bond acceptors (Lipinski definition) is 2. The molecule has 1 aromatic rings. The van der Waals surface area contributed by atoms with Crippen molar-refractivity contribution < 1.29 is 0 Å². The maximum atomic E-state index is 4.27. The van der Waals surface area contributed by atoms with Crippen LogP contribution >= 0.6 is 0 Å². The first-order valence-electron chi connectivity index (χ1n) is 4.81. The van der Waals surface area contributed by atoms with Crippen LogP contribution in [0.4, 0.5) is 0 Å². The predicted octanol–water partition coefficient (Wildman–Crippen LogP) is 2.63. The van der Waals surface area contributed by atoms with Crippen LogP contribution in [0, 0.1) is 5.41 Å². The van der Waals surface area contributed by atoms with Crippen LogP contribution in [0.1, 0.15) is 39.1 Å². The summed E-state index contributed by atoms with van der Waals surface area (Å²) in [5.41, 5.74) is 1.54. The SMILES string of the molecule is CCc1ncc(CC(C)(C)C)cn1. The molecule has 0 amide bonds. The molecule has 2 nitrogen and oxygen atoms in total. The molecule has 1 aromatic heterocycles. The fraction of sp³-hybridized carbons (Fsp3) is 0.636. The van der Waals surface area contributed by atoms with E-state index < -0.39 is 0 Å². The Bertz CT molecular complexity index is 256. The van der Waals surface area contributed by atoms with Crippen LogP contribution in [0.5, 0.6) is 0 Å². The smallest absolute Gasteiger partial charge is 0.127 e. The fourth-order valence-electron chi connectivity index (χ4n) is 1.27. The lowest BCUT2D eigenvalue weighted by atomic mass is 9.89. The molecule has 0 radical (unpaired) electrons. The second kappa shape index (κ2) is 3.86. The number of rotatable bonds is 2. The van der Waals surface area contributed by atoms with Gasteiger partial charge in [0.2, 0.25) is 0 Å². The Balaban J connectivity index is 2.70. The van der Waals surface area contributed by atoms with Crippen LogP contribution in [0.15, 0.2) is 12.4 Å². The van der Waals surface area contributed by atoms with Gasteiger partial charge >= 0.3 is 0 Å². The minimum absolute atomic E-state index is 0.317. The summed E-state index contributed by atoms with van der Waals surface area (Å²) in [5.74, 6) is 0.928. The van der Waals surface area contributed by atoms with Crippen molar-refractivity contribution in [2.45, 2.75) is 40.5 Å². The largest absolute Gasteiger partial charge is 0.241 e. The molecule has 1 rings (SSSR count). The lowest BCUT2D eigenvalue weighted by molar-refractivity contribution is 0.410. The van der Waals surface area contributed by atoms with Crippen molar-refractivity contribution in [3.63, 3.8) is 0 Å². The Morgan fingerprint density at radius 1 is 1.15 bits per heavy atom. The van der Waals surface area contributed by atoms with Gasteiger partial charge in [-0.25, -0.2) is 9.97 Å². The third kappa shape index (κ3) is 3.53. The molecule has 0 saturated carbocycles. The maximum Gasteiger partial charge on any atom is 0.127 e. The Morgan fingerprint density at radius 3 is 2.08 bits per heavy atom. The first-order chi connectivity index (χ1) is 6.01. The molecule has 13 heavy (non-hydrogen) atoms. The summed E-state index contributed by atoms with van der Waals surface area (Å²) in [6.45, 7) is 8.74. The van der Waals surface area contributed by atoms with Gasteiger partial charge in [0.05, 0.1) is 0 Å². The van der Waals surface area contributed by atoms with E-state index in [0.29, 0.717) is 5.41 Å². The summed E-state index contributed by atoms with van der Waals surface area (Å²) in [6, 6.07) is 0. The van der Waals surface area contributed by atoms with E-state index in [1.54, 1.807) is 0 Å².